The van der Waals surface area contributed by atoms with Gasteiger partial charge in [0.15, 0.2) is 5.58 Å². The monoisotopic (exact) mass is 650 g/mol. The Labute approximate surface area is 284 Å². The van der Waals surface area contributed by atoms with Crippen LogP contribution in [0.1, 0.15) is 0 Å². The van der Waals surface area contributed by atoms with E-state index in [0.29, 0.717) is 0 Å². The summed E-state index contributed by atoms with van der Waals surface area (Å²) in [4.78, 5) is 7.36. The molecular formula is C43H26N2OS2. The molecule has 0 bridgehead atoms. The van der Waals surface area contributed by atoms with Crippen LogP contribution in [0.25, 0.3) is 74.0 Å². The number of furan rings is 1. The molecule has 0 atom stereocenters. The van der Waals surface area contributed by atoms with E-state index in [4.69, 9.17) is 9.40 Å². The first-order valence-corrected chi connectivity index (χ1v) is 17.6. The summed E-state index contributed by atoms with van der Waals surface area (Å²) in [5, 5.41) is 5.79. The molecule has 3 nitrogen and oxygen atoms in total. The lowest BCUT2D eigenvalue weighted by Gasteiger charge is -2.26. The first-order valence-electron chi connectivity index (χ1n) is 16.0. The molecule has 10 rings (SSSR count). The van der Waals surface area contributed by atoms with Crippen molar-refractivity contribution >= 4 is 92.1 Å². The molecule has 0 radical (unpaired) electrons. The van der Waals surface area contributed by atoms with Crippen LogP contribution in [0.2, 0.25) is 0 Å². The van der Waals surface area contributed by atoms with Gasteiger partial charge in [0.25, 0.3) is 0 Å². The molecule has 0 aliphatic rings. The average Bonchev–Trinajstić information content (AvgIpc) is 3.86. The second-order valence-corrected chi connectivity index (χ2v) is 14.0. The van der Waals surface area contributed by atoms with E-state index in [1.807, 2.05) is 17.4 Å². The Morgan fingerprint density at radius 2 is 1.19 bits per heavy atom. The molecule has 0 saturated heterocycles. The predicted octanol–water partition coefficient (Wildman–Crippen LogP) is 13.4. The highest BCUT2D eigenvalue weighted by molar-refractivity contribution is 7.25. The van der Waals surface area contributed by atoms with Crippen molar-refractivity contribution in [2.75, 3.05) is 4.90 Å². The molecule has 5 heteroatoms. The molecule has 3 heterocycles. The third-order valence-corrected chi connectivity index (χ3v) is 11.4. The summed E-state index contributed by atoms with van der Waals surface area (Å²) in [6, 6.07) is 55.9. The normalized spacial score (nSPS) is 11.8. The number of fused-ring (bicyclic) bond motifs is 8. The molecule has 0 aliphatic carbocycles. The molecule has 7 aromatic carbocycles. The summed E-state index contributed by atoms with van der Waals surface area (Å²) < 4.78 is 10.5. The third-order valence-electron chi connectivity index (χ3n) is 9.11. The van der Waals surface area contributed by atoms with Gasteiger partial charge in [-0.05, 0) is 59.7 Å². The highest BCUT2D eigenvalue weighted by atomic mass is 32.1. The number of hydrogen-bond acceptors (Lipinski definition) is 5. The fraction of sp³-hybridized carbons (Fsp3) is 0. The molecule has 10 aromatic rings. The van der Waals surface area contributed by atoms with Crippen LogP contribution in [-0.2, 0) is 0 Å². The smallest absolute Gasteiger partial charge is 0.159 e. The van der Waals surface area contributed by atoms with E-state index in [-0.39, 0.29) is 0 Å². The van der Waals surface area contributed by atoms with Gasteiger partial charge >= 0.3 is 0 Å². The molecule has 0 spiro atoms. The zero-order chi connectivity index (χ0) is 31.6. The zero-order valence-corrected chi connectivity index (χ0v) is 27.3. The van der Waals surface area contributed by atoms with Crippen LogP contribution in [-0.4, -0.2) is 4.98 Å². The van der Waals surface area contributed by atoms with E-state index >= 15 is 0 Å². The first-order chi connectivity index (χ1) is 23.8. The van der Waals surface area contributed by atoms with Gasteiger partial charge in [-0.1, -0.05) is 109 Å². The van der Waals surface area contributed by atoms with Crippen LogP contribution in [0.4, 0.5) is 17.1 Å². The molecule has 0 unspecified atom stereocenters. The van der Waals surface area contributed by atoms with E-state index < -0.39 is 0 Å². The van der Waals surface area contributed by atoms with Gasteiger partial charge < -0.3 is 9.32 Å². The number of rotatable bonds is 5. The van der Waals surface area contributed by atoms with E-state index in [1.165, 1.54) is 31.3 Å². The maximum absolute atomic E-state index is 6.80. The Bertz CT molecular complexity index is 2780. The highest BCUT2D eigenvalue weighted by Gasteiger charge is 2.22. The maximum atomic E-state index is 6.80. The van der Waals surface area contributed by atoms with Gasteiger partial charge in [-0.3, -0.25) is 0 Å². The molecule has 3 aromatic heterocycles. The minimum Gasteiger partial charge on any atom is -0.454 e. The van der Waals surface area contributed by atoms with Crippen molar-refractivity contribution in [2.45, 2.75) is 0 Å². The van der Waals surface area contributed by atoms with Crippen LogP contribution >= 0.6 is 22.7 Å². The van der Waals surface area contributed by atoms with Crippen molar-refractivity contribution in [3.63, 3.8) is 0 Å². The molecular weight excluding hydrogens is 625 g/mol. The minimum absolute atomic E-state index is 0.859. The lowest BCUT2D eigenvalue weighted by molar-refractivity contribution is 0.669. The van der Waals surface area contributed by atoms with Gasteiger partial charge in [-0.15, -0.1) is 22.7 Å². The number of benzene rings is 7. The number of anilines is 3. The number of para-hydroxylation sites is 1. The van der Waals surface area contributed by atoms with Crippen molar-refractivity contribution in [2.24, 2.45) is 0 Å². The lowest BCUT2D eigenvalue weighted by Crippen LogP contribution is -2.10. The number of hydrogen-bond donors (Lipinski definition) is 0. The molecule has 0 fully saturated rings. The number of nitrogens with zero attached hydrogens (tertiary/aromatic N) is 2. The summed E-state index contributed by atoms with van der Waals surface area (Å²) in [7, 11) is 0. The van der Waals surface area contributed by atoms with E-state index in [0.717, 1.165) is 59.8 Å². The largest absolute Gasteiger partial charge is 0.454 e. The SMILES string of the molecule is c1ccc(-c2ccc(N(c3ccc4c(c3)sc3ccccc34)c3cccc4c3oc3ccc5nc(-c6ccccc6)sc5c34)cc2)cc1. The number of aromatic nitrogens is 1. The standard InChI is InChI=1S/C43H26N2OS2/c1-3-10-27(11-4-1)28-18-20-30(21-19-28)45(31-22-23-33-32-14-7-8-17-38(32)47-39(33)26-31)36-16-9-15-34-40-37(46-41(34)36)25-24-35-42(40)48-43(44-35)29-12-5-2-6-13-29/h1-26H. The number of thiophene rings is 1. The molecule has 0 aliphatic heterocycles. The minimum atomic E-state index is 0.859. The predicted molar refractivity (Wildman–Crippen MR) is 205 cm³/mol. The first kappa shape index (κ1) is 27.4. The Hall–Kier alpha value is -5.75. The van der Waals surface area contributed by atoms with E-state index in [1.54, 1.807) is 11.3 Å². The van der Waals surface area contributed by atoms with Crippen molar-refractivity contribution < 1.29 is 4.42 Å². The van der Waals surface area contributed by atoms with Gasteiger partial charge in [0, 0.05) is 47.9 Å². The van der Waals surface area contributed by atoms with Gasteiger partial charge in [-0.25, -0.2) is 4.98 Å². The molecule has 0 N–H and O–H groups in total. The van der Waals surface area contributed by atoms with Gasteiger partial charge in [0.2, 0.25) is 0 Å². The Morgan fingerprint density at radius 3 is 2.02 bits per heavy atom. The van der Waals surface area contributed by atoms with Crippen LogP contribution in [0.3, 0.4) is 0 Å². The Kier molecular flexibility index (Phi) is 6.22. The third kappa shape index (κ3) is 4.36. The van der Waals surface area contributed by atoms with E-state index in [9.17, 15) is 0 Å². The Balaban J connectivity index is 1.19. The van der Waals surface area contributed by atoms with Gasteiger partial charge in [-0.2, -0.15) is 0 Å². The van der Waals surface area contributed by atoms with Crippen LogP contribution < -0.4 is 4.90 Å². The second-order valence-electron chi connectivity index (χ2n) is 12.0. The maximum Gasteiger partial charge on any atom is 0.159 e. The van der Waals surface area contributed by atoms with Crippen molar-refractivity contribution in [3.05, 3.63) is 158 Å². The topological polar surface area (TPSA) is 29.3 Å². The van der Waals surface area contributed by atoms with Crippen LogP contribution in [0.15, 0.2) is 162 Å². The van der Waals surface area contributed by atoms with Crippen molar-refractivity contribution in [3.8, 4) is 21.7 Å². The molecule has 48 heavy (non-hydrogen) atoms. The fourth-order valence-corrected chi connectivity index (χ4v) is 9.11. The van der Waals surface area contributed by atoms with Crippen molar-refractivity contribution in [1.82, 2.24) is 4.98 Å². The molecule has 0 amide bonds. The fourth-order valence-electron chi connectivity index (χ4n) is 6.85. The van der Waals surface area contributed by atoms with E-state index in [2.05, 4.69) is 157 Å². The average molecular weight is 651 g/mol. The molecule has 226 valence electrons. The summed E-state index contributed by atoms with van der Waals surface area (Å²) >= 11 is 3.56. The van der Waals surface area contributed by atoms with Crippen LogP contribution in [0.5, 0.6) is 0 Å². The zero-order valence-electron chi connectivity index (χ0n) is 25.6. The summed E-state index contributed by atoms with van der Waals surface area (Å²) in [6.07, 6.45) is 0. The Morgan fingerprint density at radius 1 is 0.500 bits per heavy atom. The quantitative estimate of drug-likeness (QED) is 0.186. The molecule has 0 saturated carbocycles. The summed E-state index contributed by atoms with van der Waals surface area (Å²) in [5.41, 5.74) is 9.38. The van der Waals surface area contributed by atoms with Gasteiger partial charge in [0.1, 0.15) is 10.6 Å². The van der Waals surface area contributed by atoms with Crippen LogP contribution in [0, 0.1) is 0 Å². The summed E-state index contributed by atoms with van der Waals surface area (Å²) in [6.45, 7) is 0. The van der Waals surface area contributed by atoms with Gasteiger partial charge in [0.05, 0.1) is 15.9 Å². The lowest BCUT2D eigenvalue weighted by atomic mass is 10.0. The second kappa shape index (κ2) is 10.9. The summed E-state index contributed by atoms with van der Waals surface area (Å²) in [5.74, 6) is 0. The van der Waals surface area contributed by atoms with Crippen molar-refractivity contribution in [1.29, 1.82) is 0 Å². The number of thiazole rings is 1. The highest BCUT2D eigenvalue weighted by Crippen LogP contribution is 2.47.